The Labute approximate surface area is 143 Å². The summed E-state index contributed by atoms with van der Waals surface area (Å²) in [5, 5.41) is 2.22. The molecule has 4 rings (SSSR count). The molecule has 0 radical (unpaired) electrons. The molecule has 1 aliphatic carbocycles. The SMILES string of the molecule is O=C(COc1cccc2ccccc12)N1CCC[C@H]2CCCC[C@@H]21. The van der Waals surface area contributed by atoms with Gasteiger partial charge in [-0.25, -0.2) is 0 Å². The topological polar surface area (TPSA) is 29.5 Å². The van der Waals surface area contributed by atoms with Gasteiger partial charge in [-0.1, -0.05) is 49.2 Å². The Kier molecular flexibility index (Phi) is 4.42. The molecule has 2 atom stereocenters. The van der Waals surface area contributed by atoms with Crippen LogP contribution in [0.4, 0.5) is 0 Å². The average molecular weight is 323 g/mol. The van der Waals surface area contributed by atoms with Gasteiger partial charge in [-0.2, -0.15) is 0 Å². The number of amides is 1. The zero-order valence-electron chi connectivity index (χ0n) is 14.1. The first kappa shape index (κ1) is 15.5. The molecule has 0 unspecified atom stereocenters. The van der Waals surface area contributed by atoms with E-state index in [-0.39, 0.29) is 12.5 Å². The maximum atomic E-state index is 12.8. The lowest BCUT2D eigenvalue weighted by Crippen LogP contribution is -2.51. The van der Waals surface area contributed by atoms with E-state index >= 15 is 0 Å². The molecule has 2 aromatic rings. The lowest BCUT2D eigenvalue weighted by Gasteiger charge is -2.44. The normalized spacial score (nSPS) is 23.8. The summed E-state index contributed by atoms with van der Waals surface area (Å²) in [5.74, 6) is 1.67. The molecule has 0 N–H and O–H groups in total. The number of likely N-dealkylation sites (tertiary alicyclic amines) is 1. The molecule has 0 aromatic heterocycles. The molecule has 126 valence electrons. The molecule has 0 spiro atoms. The number of fused-ring (bicyclic) bond motifs is 2. The summed E-state index contributed by atoms with van der Waals surface area (Å²) < 4.78 is 5.92. The van der Waals surface area contributed by atoms with Gasteiger partial charge in [0.05, 0.1) is 0 Å². The molecule has 2 aliphatic rings. The number of rotatable bonds is 3. The Hall–Kier alpha value is -2.03. The lowest BCUT2D eigenvalue weighted by molar-refractivity contribution is -0.139. The molecular weight excluding hydrogens is 298 g/mol. The number of piperidine rings is 1. The second-order valence-corrected chi connectivity index (χ2v) is 7.11. The summed E-state index contributed by atoms with van der Waals surface area (Å²) in [6.07, 6.45) is 7.48. The van der Waals surface area contributed by atoms with Gasteiger partial charge in [-0.3, -0.25) is 4.79 Å². The average Bonchev–Trinajstić information content (AvgIpc) is 2.65. The van der Waals surface area contributed by atoms with E-state index in [0.29, 0.717) is 12.0 Å². The van der Waals surface area contributed by atoms with E-state index in [4.69, 9.17) is 4.74 Å². The third kappa shape index (κ3) is 3.00. The first-order chi connectivity index (χ1) is 11.8. The molecular formula is C21H25NO2. The standard InChI is InChI=1S/C21H25NO2/c23-21(22-14-6-10-17-8-2-4-12-19(17)22)15-24-20-13-5-9-16-7-1-3-11-18(16)20/h1,3,5,7,9,11,13,17,19H,2,4,6,8,10,12,14-15H2/t17-,19+/m1/s1. The van der Waals surface area contributed by atoms with Crippen molar-refractivity contribution in [2.24, 2.45) is 5.92 Å². The van der Waals surface area contributed by atoms with E-state index in [1.807, 2.05) is 30.3 Å². The summed E-state index contributed by atoms with van der Waals surface area (Å²) in [6.45, 7) is 1.05. The summed E-state index contributed by atoms with van der Waals surface area (Å²) in [4.78, 5) is 14.9. The highest BCUT2D eigenvalue weighted by Gasteiger charge is 2.35. The number of hydrogen-bond donors (Lipinski definition) is 0. The van der Waals surface area contributed by atoms with Gasteiger partial charge >= 0.3 is 0 Å². The minimum Gasteiger partial charge on any atom is -0.483 e. The van der Waals surface area contributed by atoms with Gasteiger partial charge in [0.2, 0.25) is 0 Å². The van der Waals surface area contributed by atoms with Crippen LogP contribution in [0.15, 0.2) is 42.5 Å². The van der Waals surface area contributed by atoms with E-state index in [2.05, 4.69) is 17.0 Å². The van der Waals surface area contributed by atoms with Crippen molar-refractivity contribution in [3.05, 3.63) is 42.5 Å². The van der Waals surface area contributed by atoms with Gasteiger partial charge < -0.3 is 9.64 Å². The van der Waals surface area contributed by atoms with Crippen LogP contribution in [0.2, 0.25) is 0 Å². The largest absolute Gasteiger partial charge is 0.483 e. The molecule has 2 fully saturated rings. The number of carbonyl (C=O) groups is 1. The van der Waals surface area contributed by atoms with Crippen LogP contribution in [0.3, 0.4) is 0 Å². The molecule has 1 aliphatic heterocycles. The second kappa shape index (κ2) is 6.84. The van der Waals surface area contributed by atoms with Crippen molar-refractivity contribution in [3.8, 4) is 5.75 Å². The predicted molar refractivity (Wildman–Crippen MR) is 96.1 cm³/mol. The van der Waals surface area contributed by atoms with Crippen LogP contribution in [0.1, 0.15) is 38.5 Å². The highest BCUT2D eigenvalue weighted by atomic mass is 16.5. The smallest absolute Gasteiger partial charge is 0.260 e. The first-order valence-corrected chi connectivity index (χ1v) is 9.23. The number of nitrogens with zero attached hydrogens (tertiary/aromatic N) is 1. The van der Waals surface area contributed by atoms with Crippen LogP contribution in [0, 0.1) is 5.92 Å². The van der Waals surface area contributed by atoms with Crippen LogP contribution in [-0.2, 0) is 4.79 Å². The molecule has 1 saturated heterocycles. The zero-order valence-corrected chi connectivity index (χ0v) is 14.1. The minimum absolute atomic E-state index is 0.150. The Bertz CT molecular complexity index is 719. The maximum absolute atomic E-state index is 12.8. The molecule has 1 amide bonds. The third-order valence-corrected chi connectivity index (χ3v) is 5.66. The Morgan fingerprint density at radius 3 is 2.75 bits per heavy atom. The van der Waals surface area contributed by atoms with Gasteiger partial charge in [0.1, 0.15) is 5.75 Å². The van der Waals surface area contributed by atoms with Gasteiger partial charge in [-0.05, 0) is 43.1 Å². The summed E-state index contributed by atoms with van der Waals surface area (Å²) in [6, 6.07) is 14.6. The second-order valence-electron chi connectivity index (χ2n) is 7.11. The quantitative estimate of drug-likeness (QED) is 0.838. The van der Waals surface area contributed by atoms with Crippen molar-refractivity contribution in [1.82, 2.24) is 4.90 Å². The highest BCUT2D eigenvalue weighted by molar-refractivity contribution is 5.88. The number of hydrogen-bond acceptors (Lipinski definition) is 2. The lowest BCUT2D eigenvalue weighted by atomic mass is 9.78. The van der Waals surface area contributed by atoms with Crippen LogP contribution in [0.25, 0.3) is 10.8 Å². The Morgan fingerprint density at radius 2 is 1.79 bits per heavy atom. The highest BCUT2D eigenvalue weighted by Crippen LogP contribution is 2.35. The minimum atomic E-state index is 0.150. The van der Waals surface area contributed by atoms with E-state index in [1.54, 1.807) is 0 Å². The molecule has 24 heavy (non-hydrogen) atoms. The monoisotopic (exact) mass is 323 g/mol. The van der Waals surface area contributed by atoms with E-state index in [9.17, 15) is 4.79 Å². The Morgan fingerprint density at radius 1 is 1.00 bits per heavy atom. The fourth-order valence-corrected chi connectivity index (χ4v) is 4.48. The fraction of sp³-hybridized carbons (Fsp3) is 0.476. The molecule has 0 bridgehead atoms. The molecule has 1 heterocycles. The van der Waals surface area contributed by atoms with Crippen LogP contribution in [-0.4, -0.2) is 30.0 Å². The van der Waals surface area contributed by atoms with Gasteiger partial charge in [0.25, 0.3) is 5.91 Å². The van der Waals surface area contributed by atoms with Crippen molar-refractivity contribution in [2.75, 3.05) is 13.2 Å². The van der Waals surface area contributed by atoms with Gasteiger partial charge in [0.15, 0.2) is 6.61 Å². The predicted octanol–water partition coefficient (Wildman–Crippen LogP) is 4.40. The van der Waals surface area contributed by atoms with Gasteiger partial charge in [-0.15, -0.1) is 0 Å². The summed E-state index contributed by atoms with van der Waals surface area (Å²) in [5.41, 5.74) is 0. The van der Waals surface area contributed by atoms with Crippen molar-refractivity contribution >= 4 is 16.7 Å². The summed E-state index contributed by atoms with van der Waals surface area (Å²) in [7, 11) is 0. The molecule has 2 aromatic carbocycles. The number of benzene rings is 2. The van der Waals surface area contributed by atoms with Gasteiger partial charge in [0, 0.05) is 18.0 Å². The van der Waals surface area contributed by atoms with E-state index < -0.39 is 0 Å². The maximum Gasteiger partial charge on any atom is 0.260 e. The van der Waals surface area contributed by atoms with Crippen molar-refractivity contribution < 1.29 is 9.53 Å². The Balaban J connectivity index is 1.46. The number of carbonyl (C=O) groups excluding carboxylic acids is 1. The zero-order chi connectivity index (χ0) is 16.4. The molecule has 1 saturated carbocycles. The molecule has 3 nitrogen and oxygen atoms in total. The van der Waals surface area contributed by atoms with E-state index in [0.717, 1.165) is 29.5 Å². The summed E-state index contributed by atoms with van der Waals surface area (Å²) >= 11 is 0. The third-order valence-electron chi connectivity index (χ3n) is 5.66. The van der Waals surface area contributed by atoms with Crippen molar-refractivity contribution in [2.45, 2.75) is 44.6 Å². The van der Waals surface area contributed by atoms with E-state index in [1.165, 1.54) is 32.1 Å². The fourth-order valence-electron chi connectivity index (χ4n) is 4.48. The van der Waals surface area contributed by atoms with Crippen LogP contribution >= 0.6 is 0 Å². The first-order valence-electron chi connectivity index (χ1n) is 9.23. The van der Waals surface area contributed by atoms with Crippen molar-refractivity contribution in [3.63, 3.8) is 0 Å². The molecule has 3 heteroatoms. The van der Waals surface area contributed by atoms with Crippen LogP contribution in [0.5, 0.6) is 5.75 Å². The van der Waals surface area contributed by atoms with Crippen LogP contribution < -0.4 is 4.74 Å². The van der Waals surface area contributed by atoms with Crippen molar-refractivity contribution in [1.29, 1.82) is 0 Å². The number of ether oxygens (including phenoxy) is 1.